The monoisotopic (exact) mass is 457 g/mol. The van der Waals surface area contributed by atoms with Crippen molar-refractivity contribution in [2.75, 3.05) is 25.9 Å². The zero-order valence-electron chi connectivity index (χ0n) is 19.0. The first-order valence-corrected chi connectivity index (χ1v) is 11.4. The highest BCUT2D eigenvalue weighted by atomic mass is 16.5. The number of para-hydroxylation sites is 1. The molecular weight excluding hydrogens is 430 g/mol. The molecule has 2 aromatic carbocycles. The van der Waals surface area contributed by atoms with Crippen LogP contribution >= 0.6 is 0 Å². The third-order valence-corrected chi connectivity index (χ3v) is 6.14. The molecule has 3 heterocycles. The summed E-state index contributed by atoms with van der Waals surface area (Å²) in [6, 6.07) is 15.3. The number of piperidine rings is 1. The summed E-state index contributed by atoms with van der Waals surface area (Å²) in [4.78, 5) is 21.4. The summed E-state index contributed by atoms with van der Waals surface area (Å²) in [5.74, 6) is 0.753. The van der Waals surface area contributed by atoms with E-state index >= 15 is 0 Å². The third kappa shape index (κ3) is 4.17. The maximum atomic E-state index is 12.7. The lowest BCUT2D eigenvalue weighted by atomic mass is 10.1. The van der Waals surface area contributed by atoms with Gasteiger partial charge in [0.25, 0.3) is 5.91 Å². The zero-order valence-corrected chi connectivity index (χ0v) is 19.0. The van der Waals surface area contributed by atoms with Crippen LogP contribution < -0.4 is 21.1 Å². The molecule has 1 fully saturated rings. The predicted molar refractivity (Wildman–Crippen MR) is 130 cm³/mol. The Morgan fingerprint density at radius 1 is 1.24 bits per heavy atom. The minimum Gasteiger partial charge on any atom is -0.496 e. The van der Waals surface area contributed by atoms with Gasteiger partial charge in [-0.15, -0.1) is 0 Å². The molecule has 4 aromatic rings. The minimum atomic E-state index is -0.194. The number of hydrogen-bond donors (Lipinski definition) is 3. The molecule has 34 heavy (non-hydrogen) atoms. The molecule has 9 heteroatoms. The van der Waals surface area contributed by atoms with Crippen LogP contribution in [-0.2, 0) is 6.54 Å². The van der Waals surface area contributed by atoms with Crippen molar-refractivity contribution in [3.8, 4) is 17.0 Å². The highest BCUT2D eigenvalue weighted by molar-refractivity contribution is 5.98. The van der Waals surface area contributed by atoms with Gasteiger partial charge in [0.2, 0.25) is 0 Å². The number of nitrogen functional groups attached to an aromatic ring is 1. The van der Waals surface area contributed by atoms with E-state index < -0.39 is 0 Å². The van der Waals surface area contributed by atoms with Gasteiger partial charge >= 0.3 is 0 Å². The van der Waals surface area contributed by atoms with Crippen LogP contribution in [0.1, 0.15) is 34.8 Å². The van der Waals surface area contributed by atoms with Gasteiger partial charge < -0.3 is 21.1 Å². The van der Waals surface area contributed by atoms with Crippen LogP contribution in [0.3, 0.4) is 0 Å². The number of anilines is 1. The van der Waals surface area contributed by atoms with Gasteiger partial charge in [-0.3, -0.25) is 4.79 Å². The Hall–Kier alpha value is -3.98. The maximum Gasteiger partial charge on any atom is 0.255 e. The van der Waals surface area contributed by atoms with E-state index in [4.69, 9.17) is 15.6 Å². The van der Waals surface area contributed by atoms with Crippen molar-refractivity contribution in [2.45, 2.75) is 25.4 Å². The molecule has 1 saturated heterocycles. The fourth-order valence-electron chi connectivity index (χ4n) is 4.43. The molecule has 0 spiro atoms. The van der Waals surface area contributed by atoms with Crippen molar-refractivity contribution in [3.63, 3.8) is 0 Å². The number of nitrogens with zero attached hydrogens (tertiary/aromatic N) is 4. The van der Waals surface area contributed by atoms with Gasteiger partial charge in [-0.1, -0.05) is 30.3 Å². The van der Waals surface area contributed by atoms with E-state index in [9.17, 15) is 4.79 Å². The quantitative estimate of drug-likeness (QED) is 0.407. The van der Waals surface area contributed by atoms with Gasteiger partial charge in [-0.2, -0.15) is 5.10 Å². The van der Waals surface area contributed by atoms with Crippen LogP contribution in [0.15, 0.2) is 54.9 Å². The summed E-state index contributed by atoms with van der Waals surface area (Å²) in [6.07, 6.45) is 3.60. The van der Waals surface area contributed by atoms with Crippen LogP contribution in [0, 0.1) is 0 Å². The predicted octanol–water partition coefficient (Wildman–Crippen LogP) is 2.94. The number of fused-ring (bicyclic) bond motifs is 1. The standard InChI is InChI=1S/C25H27N7O2/c1-34-20-10-3-2-9-19(20)25(33)28-13-16-6-4-7-17(12-16)22-21-23(26)29-15-30-24(21)32(31-22)18-8-5-11-27-14-18/h2-4,6-7,9-10,12,15,18,27H,5,8,11,13-14H2,1H3,(H,28,33)(H2,26,29,30)/t18-/m1/s1. The van der Waals surface area contributed by atoms with E-state index in [2.05, 4.69) is 20.6 Å². The summed E-state index contributed by atoms with van der Waals surface area (Å²) in [5, 5.41) is 12.1. The van der Waals surface area contributed by atoms with Gasteiger partial charge in [0.05, 0.1) is 24.1 Å². The molecule has 0 radical (unpaired) electrons. The van der Waals surface area contributed by atoms with Gasteiger partial charge in [-0.05, 0) is 43.1 Å². The van der Waals surface area contributed by atoms with E-state index in [1.807, 2.05) is 41.1 Å². The van der Waals surface area contributed by atoms with Gasteiger partial charge in [0.1, 0.15) is 23.6 Å². The average molecular weight is 458 g/mol. The number of amides is 1. The Morgan fingerprint density at radius 2 is 2.12 bits per heavy atom. The maximum absolute atomic E-state index is 12.7. The first kappa shape index (κ1) is 21.8. The van der Waals surface area contributed by atoms with Crippen LogP contribution in [0.25, 0.3) is 22.3 Å². The molecule has 174 valence electrons. The molecule has 2 aromatic heterocycles. The first-order chi connectivity index (χ1) is 16.7. The molecule has 1 aliphatic rings. The highest BCUT2D eigenvalue weighted by Gasteiger charge is 2.23. The number of nitrogens with two attached hydrogens (primary N) is 1. The normalized spacial score (nSPS) is 15.9. The molecular formula is C25H27N7O2. The van der Waals surface area contributed by atoms with Crippen molar-refractivity contribution in [1.29, 1.82) is 0 Å². The Balaban J connectivity index is 1.44. The molecule has 0 saturated carbocycles. The lowest BCUT2D eigenvalue weighted by molar-refractivity contribution is 0.0948. The summed E-state index contributed by atoms with van der Waals surface area (Å²) in [7, 11) is 1.55. The number of ether oxygens (including phenoxy) is 1. The van der Waals surface area contributed by atoms with Crippen molar-refractivity contribution in [3.05, 3.63) is 66.0 Å². The fraction of sp³-hybridized carbons (Fsp3) is 0.280. The van der Waals surface area contributed by atoms with Crippen molar-refractivity contribution >= 4 is 22.8 Å². The summed E-state index contributed by atoms with van der Waals surface area (Å²) in [6.45, 7) is 2.22. The zero-order chi connectivity index (χ0) is 23.5. The van der Waals surface area contributed by atoms with Crippen LogP contribution in [0.5, 0.6) is 5.75 Å². The Kier molecular flexibility index (Phi) is 6.09. The van der Waals surface area contributed by atoms with E-state index in [1.165, 1.54) is 6.33 Å². The van der Waals surface area contributed by atoms with E-state index in [0.29, 0.717) is 23.7 Å². The number of carbonyl (C=O) groups is 1. The number of nitrogens with one attached hydrogen (secondary N) is 2. The Bertz CT molecular complexity index is 1330. The van der Waals surface area contributed by atoms with Crippen LogP contribution in [0.4, 0.5) is 5.82 Å². The minimum absolute atomic E-state index is 0.194. The number of carbonyl (C=O) groups excluding carboxylic acids is 1. The number of rotatable bonds is 6. The van der Waals surface area contributed by atoms with Gasteiger partial charge in [-0.25, -0.2) is 14.6 Å². The molecule has 5 rings (SSSR count). The van der Waals surface area contributed by atoms with Gasteiger partial charge in [0, 0.05) is 18.7 Å². The smallest absolute Gasteiger partial charge is 0.255 e. The molecule has 0 aliphatic carbocycles. The number of methoxy groups -OCH3 is 1. The molecule has 0 bridgehead atoms. The Morgan fingerprint density at radius 3 is 2.94 bits per heavy atom. The largest absolute Gasteiger partial charge is 0.496 e. The second kappa shape index (κ2) is 9.48. The lowest BCUT2D eigenvalue weighted by Gasteiger charge is -2.23. The fourth-order valence-corrected chi connectivity index (χ4v) is 4.43. The Labute approximate surface area is 197 Å². The molecule has 1 atom stereocenters. The summed E-state index contributed by atoms with van der Waals surface area (Å²) in [5.41, 5.74) is 10.1. The lowest BCUT2D eigenvalue weighted by Crippen LogP contribution is -2.32. The number of hydrogen-bond acceptors (Lipinski definition) is 7. The van der Waals surface area contributed by atoms with Crippen molar-refractivity contribution in [2.24, 2.45) is 0 Å². The molecule has 1 aliphatic heterocycles. The van der Waals surface area contributed by atoms with Crippen LogP contribution in [0.2, 0.25) is 0 Å². The molecule has 1 amide bonds. The molecule has 0 unspecified atom stereocenters. The molecule has 4 N–H and O–H groups in total. The van der Waals surface area contributed by atoms with Crippen molar-refractivity contribution < 1.29 is 9.53 Å². The molecule has 9 nitrogen and oxygen atoms in total. The number of aromatic nitrogens is 4. The SMILES string of the molecule is COc1ccccc1C(=O)NCc1cccc(-c2nn([C@@H]3CCCNC3)c3ncnc(N)c23)c1. The van der Waals surface area contributed by atoms with Gasteiger partial charge in [0.15, 0.2) is 5.65 Å². The topological polar surface area (TPSA) is 120 Å². The summed E-state index contributed by atoms with van der Waals surface area (Å²) >= 11 is 0. The number of benzene rings is 2. The van der Waals surface area contributed by atoms with E-state index in [1.54, 1.807) is 19.2 Å². The third-order valence-electron chi connectivity index (χ3n) is 6.14. The van der Waals surface area contributed by atoms with E-state index in [0.717, 1.165) is 53.8 Å². The first-order valence-electron chi connectivity index (χ1n) is 11.4. The van der Waals surface area contributed by atoms with Crippen molar-refractivity contribution in [1.82, 2.24) is 30.4 Å². The van der Waals surface area contributed by atoms with Crippen LogP contribution in [-0.4, -0.2) is 45.9 Å². The van der Waals surface area contributed by atoms with E-state index in [-0.39, 0.29) is 11.9 Å². The highest BCUT2D eigenvalue weighted by Crippen LogP contribution is 2.33. The average Bonchev–Trinajstić information content (AvgIpc) is 3.29. The second-order valence-corrected chi connectivity index (χ2v) is 8.33. The summed E-state index contributed by atoms with van der Waals surface area (Å²) < 4.78 is 7.28. The second-order valence-electron chi connectivity index (χ2n) is 8.33.